The lowest BCUT2D eigenvalue weighted by molar-refractivity contribution is -0.384. The first kappa shape index (κ1) is 19.1. The number of methoxy groups -OCH3 is 1. The molecule has 7 nitrogen and oxygen atoms in total. The molecule has 0 spiro atoms. The van der Waals surface area contributed by atoms with Gasteiger partial charge in [-0.25, -0.2) is 0 Å². The Labute approximate surface area is 150 Å². The van der Waals surface area contributed by atoms with Gasteiger partial charge in [0.05, 0.1) is 24.0 Å². The van der Waals surface area contributed by atoms with Crippen LogP contribution in [0, 0.1) is 10.1 Å². The molecule has 1 aromatic carbocycles. The van der Waals surface area contributed by atoms with Crippen LogP contribution in [-0.4, -0.2) is 23.0 Å². The van der Waals surface area contributed by atoms with Gasteiger partial charge in [-0.3, -0.25) is 19.7 Å². The predicted molar refractivity (Wildman–Crippen MR) is 98.1 cm³/mol. The highest BCUT2D eigenvalue weighted by Gasteiger charge is 2.19. The second-order valence-electron chi connectivity index (χ2n) is 5.98. The molecule has 136 valence electrons. The minimum absolute atomic E-state index is 0.0257. The number of esters is 1. The highest BCUT2D eigenvalue weighted by atomic mass is 16.6. The number of allylic oxidation sites excluding steroid dienone is 1. The summed E-state index contributed by atoms with van der Waals surface area (Å²) in [6, 6.07) is 7.56. The summed E-state index contributed by atoms with van der Waals surface area (Å²) in [5.74, 6) is -0.457. The Morgan fingerprint density at radius 3 is 2.73 bits per heavy atom. The van der Waals surface area contributed by atoms with Crippen LogP contribution in [0.5, 0.6) is 0 Å². The Bertz CT molecular complexity index is 901. The summed E-state index contributed by atoms with van der Waals surface area (Å²) in [6.07, 6.45) is 2.36. The molecule has 0 aliphatic carbocycles. The Morgan fingerprint density at radius 1 is 1.38 bits per heavy atom. The molecule has 1 aromatic heterocycles. The fourth-order valence-electron chi connectivity index (χ4n) is 2.68. The fourth-order valence-corrected chi connectivity index (χ4v) is 2.68. The number of aromatic amines is 1. The maximum atomic E-state index is 12.0. The number of nitrogens with zero attached hydrogens (tertiary/aromatic N) is 1. The van der Waals surface area contributed by atoms with Gasteiger partial charge in [-0.2, -0.15) is 0 Å². The Hall–Kier alpha value is -3.22. The van der Waals surface area contributed by atoms with E-state index in [1.54, 1.807) is 24.3 Å². The van der Waals surface area contributed by atoms with Crippen molar-refractivity contribution in [1.29, 1.82) is 0 Å². The van der Waals surface area contributed by atoms with E-state index in [-0.39, 0.29) is 23.6 Å². The van der Waals surface area contributed by atoms with Crippen molar-refractivity contribution in [3.8, 4) is 11.1 Å². The van der Waals surface area contributed by atoms with E-state index in [2.05, 4.69) is 16.3 Å². The van der Waals surface area contributed by atoms with Crippen molar-refractivity contribution < 1.29 is 14.5 Å². The van der Waals surface area contributed by atoms with Gasteiger partial charge in [0.15, 0.2) is 0 Å². The molecule has 1 N–H and O–H groups in total. The lowest BCUT2D eigenvalue weighted by Crippen LogP contribution is -2.10. The van der Waals surface area contributed by atoms with Gasteiger partial charge in [-0.05, 0) is 35.6 Å². The summed E-state index contributed by atoms with van der Waals surface area (Å²) in [5, 5.41) is 11.5. The second-order valence-corrected chi connectivity index (χ2v) is 5.98. The molecule has 1 unspecified atom stereocenters. The van der Waals surface area contributed by atoms with E-state index in [1.807, 2.05) is 6.92 Å². The van der Waals surface area contributed by atoms with E-state index in [4.69, 9.17) is 0 Å². The normalized spacial score (nSPS) is 11.6. The van der Waals surface area contributed by atoms with Gasteiger partial charge in [0.2, 0.25) is 5.56 Å². The van der Waals surface area contributed by atoms with Crippen molar-refractivity contribution in [3.05, 3.63) is 74.7 Å². The molecular weight excluding hydrogens is 336 g/mol. The highest BCUT2D eigenvalue weighted by Crippen LogP contribution is 2.31. The number of nitro groups is 1. The fraction of sp³-hybridized carbons (Fsp3) is 0.263. The zero-order valence-electron chi connectivity index (χ0n) is 14.7. The maximum absolute atomic E-state index is 12.0. The van der Waals surface area contributed by atoms with Crippen molar-refractivity contribution in [2.24, 2.45) is 0 Å². The van der Waals surface area contributed by atoms with Gasteiger partial charge in [0.25, 0.3) is 5.69 Å². The molecule has 0 aliphatic heterocycles. The van der Waals surface area contributed by atoms with E-state index in [0.29, 0.717) is 28.8 Å². The third-order valence-corrected chi connectivity index (χ3v) is 4.06. The number of hydrogen-bond donors (Lipinski definition) is 1. The molecule has 26 heavy (non-hydrogen) atoms. The molecule has 0 fully saturated rings. The monoisotopic (exact) mass is 356 g/mol. The van der Waals surface area contributed by atoms with E-state index >= 15 is 0 Å². The molecule has 2 aromatic rings. The second kappa shape index (κ2) is 8.24. The molecule has 0 saturated heterocycles. The van der Waals surface area contributed by atoms with Crippen LogP contribution >= 0.6 is 0 Å². The smallest absolute Gasteiger partial charge is 0.309 e. The van der Waals surface area contributed by atoms with Gasteiger partial charge in [-0.15, -0.1) is 6.58 Å². The summed E-state index contributed by atoms with van der Waals surface area (Å²) in [4.78, 5) is 37.1. The van der Waals surface area contributed by atoms with Crippen molar-refractivity contribution in [2.45, 2.75) is 25.7 Å². The first-order valence-electron chi connectivity index (χ1n) is 8.05. The third-order valence-electron chi connectivity index (χ3n) is 4.06. The summed E-state index contributed by atoms with van der Waals surface area (Å²) < 4.78 is 4.59. The number of hydrogen-bond acceptors (Lipinski definition) is 5. The quantitative estimate of drug-likeness (QED) is 0.355. The summed E-state index contributed by atoms with van der Waals surface area (Å²) in [5.41, 5.74) is 1.43. The molecule has 1 atom stereocenters. The van der Waals surface area contributed by atoms with Crippen LogP contribution < -0.4 is 5.56 Å². The topological polar surface area (TPSA) is 102 Å². The molecule has 1 heterocycles. The van der Waals surface area contributed by atoms with Gasteiger partial charge < -0.3 is 9.72 Å². The highest BCUT2D eigenvalue weighted by molar-refractivity contribution is 5.77. The molecule has 7 heteroatoms. The number of rotatable bonds is 7. The Balaban J connectivity index is 2.53. The predicted octanol–water partition coefficient (Wildman–Crippen LogP) is 3.35. The number of carbonyl (C=O) groups excluding carboxylic acids is 1. The van der Waals surface area contributed by atoms with E-state index in [0.717, 1.165) is 0 Å². The molecule has 0 radical (unpaired) electrons. The lowest BCUT2D eigenvalue weighted by atomic mass is 9.97. The number of benzene rings is 1. The zero-order valence-corrected chi connectivity index (χ0v) is 14.7. The Morgan fingerprint density at radius 2 is 2.12 bits per heavy atom. The number of nitro benzene ring substituents is 1. The lowest BCUT2D eigenvalue weighted by Gasteiger charge is -2.11. The summed E-state index contributed by atoms with van der Waals surface area (Å²) >= 11 is 0. The number of aromatic nitrogens is 1. The van der Waals surface area contributed by atoms with Crippen LogP contribution in [-0.2, 0) is 16.0 Å². The molecule has 0 aliphatic rings. The largest absolute Gasteiger partial charge is 0.469 e. The van der Waals surface area contributed by atoms with E-state index in [9.17, 15) is 19.7 Å². The number of carbonyl (C=O) groups is 1. The van der Waals surface area contributed by atoms with Crippen molar-refractivity contribution in [1.82, 2.24) is 4.98 Å². The van der Waals surface area contributed by atoms with E-state index in [1.165, 1.54) is 19.2 Å². The minimum Gasteiger partial charge on any atom is -0.469 e. The Kier molecular flexibility index (Phi) is 6.06. The molecule has 0 bridgehead atoms. The van der Waals surface area contributed by atoms with Gasteiger partial charge >= 0.3 is 5.97 Å². The van der Waals surface area contributed by atoms with Crippen LogP contribution in [0.4, 0.5) is 5.69 Å². The van der Waals surface area contributed by atoms with Crippen LogP contribution in [0.1, 0.15) is 30.5 Å². The van der Waals surface area contributed by atoms with Gasteiger partial charge in [-0.1, -0.05) is 19.1 Å². The zero-order chi connectivity index (χ0) is 19.3. The van der Waals surface area contributed by atoms with Crippen molar-refractivity contribution in [3.63, 3.8) is 0 Å². The number of ether oxygens (including phenoxy) is 1. The maximum Gasteiger partial charge on any atom is 0.309 e. The molecule has 0 saturated carbocycles. The molecular formula is C19H20N2O5. The first-order chi connectivity index (χ1) is 12.3. The molecule has 2 rings (SSSR count). The average Bonchev–Trinajstić information content (AvgIpc) is 2.61. The third kappa shape index (κ3) is 4.44. The van der Waals surface area contributed by atoms with Gasteiger partial charge in [0, 0.05) is 17.8 Å². The number of pyridine rings is 1. The number of H-pyrrole nitrogens is 1. The van der Waals surface area contributed by atoms with Crippen LogP contribution in [0.3, 0.4) is 0 Å². The summed E-state index contributed by atoms with van der Waals surface area (Å²) in [7, 11) is 1.26. The summed E-state index contributed by atoms with van der Waals surface area (Å²) in [6.45, 7) is 5.62. The van der Waals surface area contributed by atoms with Crippen LogP contribution in [0.15, 0.2) is 47.8 Å². The first-order valence-corrected chi connectivity index (χ1v) is 8.05. The minimum atomic E-state index is -0.524. The molecule has 0 amide bonds. The van der Waals surface area contributed by atoms with Crippen molar-refractivity contribution >= 4 is 11.7 Å². The van der Waals surface area contributed by atoms with E-state index < -0.39 is 10.9 Å². The number of nitrogens with one attached hydrogen (secondary N) is 1. The standard InChI is InChI=1S/C19H20N2O5/c1-4-5-12(2)16-10-14(11-18(22)20-16)15-7-6-13(9-19(23)26-3)8-17(15)21(24)25/h4,6-8,10-12H,1,5,9H2,2-3H3,(H,20,22). The SMILES string of the molecule is C=CCC(C)c1cc(-c2ccc(CC(=O)OC)cc2[N+](=O)[O-])cc(=O)[nH]1. The van der Waals surface area contributed by atoms with Crippen LogP contribution in [0.25, 0.3) is 11.1 Å². The van der Waals surface area contributed by atoms with Gasteiger partial charge in [0.1, 0.15) is 0 Å². The van der Waals surface area contributed by atoms with Crippen molar-refractivity contribution in [2.75, 3.05) is 7.11 Å². The average molecular weight is 356 g/mol. The van der Waals surface area contributed by atoms with Crippen LogP contribution in [0.2, 0.25) is 0 Å².